The average molecular weight is 462 g/mol. The first-order chi connectivity index (χ1) is 16.4. The van der Waals surface area contributed by atoms with E-state index in [0.29, 0.717) is 24.3 Å². The van der Waals surface area contributed by atoms with Crippen molar-refractivity contribution < 1.29 is 14.3 Å². The number of esters is 1. The van der Waals surface area contributed by atoms with Crippen molar-refractivity contribution >= 4 is 5.97 Å². The van der Waals surface area contributed by atoms with Crippen molar-refractivity contribution in [2.75, 3.05) is 13.7 Å². The van der Waals surface area contributed by atoms with E-state index < -0.39 is 0 Å². The van der Waals surface area contributed by atoms with E-state index in [4.69, 9.17) is 9.47 Å². The molecule has 0 bridgehead atoms. The minimum atomic E-state index is -0.325. The first kappa shape index (κ1) is 25.8. The van der Waals surface area contributed by atoms with Crippen LogP contribution >= 0.6 is 0 Å². The Balaban J connectivity index is 1.98. The van der Waals surface area contributed by atoms with Crippen molar-refractivity contribution in [3.05, 3.63) is 89.0 Å². The summed E-state index contributed by atoms with van der Waals surface area (Å²) in [5, 5.41) is 0. The lowest BCUT2D eigenvalue weighted by atomic mass is 9.84. The molecule has 0 N–H and O–H groups in total. The highest BCUT2D eigenvalue weighted by atomic mass is 16.5. The van der Waals surface area contributed by atoms with E-state index in [1.807, 2.05) is 30.3 Å². The second-order valence-corrected chi connectivity index (χ2v) is 9.47. The van der Waals surface area contributed by atoms with Gasteiger partial charge in [-0.15, -0.1) is 0 Å². The van der Waals surface area contributed by atoms with Crippen LogP contribution in [0.2, 0.25) is 0 Å². The number of benzene rings is 2. The summed E-state index contributed by atoms with van der Waals surface area (Å²) in [4.78, 5) is 14.9. The molecule has 0 radical (unpaired) electrons. The van der Waals surface area contributed by atoms with Crippen molar-refractivity contribution in [1.29, 1.82) is 0 Å². The Morgan fingerprint density at radius 3 is 2.35 bits per heavy atom. The molecule has 182 valence electrons. The summed E-state index contributed by atoms with van der Waals surface area (Å²) in [5.41, 5.74) is 4.01. The van der Waals surface area contributed by atoms with Gasteiger partial charge in [-0.1, -0.05) is 48.6 Å². The summed E-state index contributed by atoms with van der Waals surface area (Å²) < 4.78 is 11.4. The molecule has 4 heteroatoms. The summed E-state index contributed by atoms with van der Waals surface area (Å²) >= 11 is 0. The Kier molecular flexibility index (Phi) is 9.52. The van der Waals surface area contributed by atoms with Gasteiger partial charge in [0.15, 0.2) is 0 Å². The molecule has 2 aromatic carbocycles. The molecule has 3 rings (SSSR count). The van der Waals surface area contributed by atoms with Crippen LogP contribution in [0.15, 0.2) is 72.3 Å². The molecule has 34 heavy (non-hydrogen) atoms. The van der Waals surface area contributed by atoms with Gasteiger partial charge in [0.25, 0.3) is 0 Å². The number of allylic oxidation sites excluding steroid dienone is 4. The van der Waals surface area contributed by atoms with Crippen LogP contribution in [0.3, 0.4) is 0 Å². The molecule has 2 aromatic rings. The van der Waals surface area contributed by atoms with E-state index in [2.05, 4.69) is 63.0 Å². The molecule has 1 aliphatic carbocycles. The van der Waals surface area contributed by atoms with Crippen molar-refractivity contribution in [2.24, 2.45) is 0 Å². The quantitative estimate of drug-likeness (QED) is 0.340. The second kappa shape index (κ2) is 12.6. The smallest absolute Gasteiger partial charge is 0.337 e. The predicted octanol–water partition coefficient (Wildman–Crippen LogP) is 6.92. The summed E-state index contributed by atoms with van der Waals surface area (Å²) in [5.74, 6) is 0.628. The molecule has 0 heterocycles. The molecular formula is C30H39NO3. The number of methoxy groups -OCH3 is 1. The van der Waals surface area contributed by atoms with E-state index in [-0.39, 0.29) is 11.9 Å². The maximum absolute atomic E-state index is 12.4. The van der Waals surface area contributed by atoms with Crippen LogP contribution in [-0.2, 0) is 11.3 Å². The Labute approximate surface area is 205 Å². The number of carbonyl (C=O) groups is 1. The van der Waals surface area contributed by atoms with E-state index >= 15 is 0 Å². The lowest BCUT2D eigenvalue weighted by Gasteiger charge is -2.33. The van der Waals surface area contributed by atoms with Crippen LogP contribution in [0.1, 0.15) is 74.4 Å². The van der Waals surface area contributed by atoms with Gasteiger partial charge < -0.3 is 9.47 Å². The predicted molar refractivity (Wildman–Crippen MR) is 139 cm³/mol. The average Bonchev–Trinajstić information content (AvgIpc) is 2.85. The highest BCUT2D eigenvalue weighted by Gasteiger charge is 2.24. The molecule has 4 nitrogen and oxygen atoms in total. The van der Waals surface area contributed by atoms with Crippen molar-refractivity contribution in [1.82, 2.24) is 4.90 Å². The van der Waals surface area contributed by atoms with Crippen LogP contribution in [0.5, 0.6) is 5.75 Å². The fourth-order valence-electron chi connectivity index (χ4n) is 4.72. The number of carbonyl (C=O) groups excluding carboxylic acids is 1. The standard InChI is InChI=1S/C30H39NO3/c1-22(2)31(23(3)4)19-18-27(25-14-10-7-11-15-25)28-20-26(30(32)33-5)16-17-29(28)34-21-24-12-8-6-9-13-24/h6,8-10,12-17,20,22-23,27H,7,11,18-19,21H2,1-5H3. The van der Waals surface area contributed by atoms with Gasteiger partial charge >= 0.3 is 5.97 Å². The van der Waals surface area contributed by atoms with Crippen LogP contribution in [0.25, 0.3) is 0 Å². The van der Waals surface area contributed by atoms with Crippen molar-refractivity contribution in [3.63, 3.8) is 0 Å². The minimum absolute atomic E-state index is 0.131. The van der Waals surface area contributed by atoms with E-state index in [9.17, 15) is 4.79 Å². The minimum Gasteiger partial charge on any atom is -0.489 e. The van der Waals surface area contributed by atoms with E-state index in [1.54, 1.807) is 6.07 Å². The number of hydrogen-bond donors (Lipinski definition) is 0. The lowest BCUT2D eigenvalue weighted by Crippen LogP contribution is -2.38. The summed E-state index contributed by atoms with van der Waals surface area (Å²) in [6, 6.07) is 16.8. The topological polar surface area (TPSA) is 38.8 Å². The maximum atomic E-state index is 12.4. The van der Waals surface area contributed by atoms with Gasteiger partial charge in [0.1, 0.15) is 12.4 Å². The number of nitrogens with zero attached hydrogens (tertiary/aromatic N) is 1. The summed E-state index contributed by atoms with van der Waals surface area (Å²) in [6.07, 6.45) is 9.89. The van der Waals surface area contributed by atoms with Crippen LogP contribution < -0.4 is 4.74 Å². The molecule has 1 unspecified atom stereocenters. The molecule has 0 aliphatic heterocycles. The van der Waals surface area contributed by atoms with E-state index in [1.165, 1.54) is 12.7 Å². The first-order valence-electron chi connectivity index (χ1n) is 12.4. The zero-order valence-electron chi connectivity index (χ0n) is 21.3. The summed E-state index contributed by atoms with van der Waals surface area (Å²) in [7, 11) is 1.43. The second-order valence-electron chi connectivity index (χ2n) is 9.47. The number of rotatable bonds is 11. The van der Waals surface area contributed by atoms with Gasteiger partial charge in [-0.2, -0.15) is 0 Å². The lowest BCUT2D eigenvalue weighted by molar-refractivity contribution is 0.0600. The molecule has 0 spiro atoms. The molecule has 0 saturated carbocycles. The molecule has 1 atom stereocenters. The van der Waals surface area contributed by atoms with Crippen molar-refractivity contribution in [3.8, 4) is 5.75 Å². The number of hydrogen-bond acceptors (Lipinski definition) is 4. The van der Waals surface area contributed by atoms with Crippen LogP contribution in [-0.4, -0.2) is 36.6 Å². The zero-order chi connectivity index (χ0) is 24.5. The monoisotopic (exact) mass is 461 g/mol. The molecule has 0 fully saturated rings. The Hall–Kier alpha value is -2.85. The Bertz CT molecular complexity index is 983. The van der Waals surface area contributed by atoms with Gasteiger partial charge in [-0.3, -0.25) is 4.90 Å². The van der Waals surface area contributed by atoms with Crippen LogP contribution in [0, 0.1) is 0 Å². The van der Waals surface area contributed by atoms with Gasteiger partial charge in [0.05, 0.1) is 12.7 Å². The van der Waals surface area contributed by atoms with Crippen LogP contribution in [0.4, 0.5) is 0 Å². The van der Waals surface area contributed by atoms with Gasteiger partial charge in [-0.05, 0) is 82.8 Å². The largest absolute Gasteiger partial charge is 0.489 e. The normalized spacial score (nSPS) is 14.4. The molecule has 1 aliphatic rings. The molecule has 0 amide bonds. The third-order valence-electron chi connectivity index (χ3n) is 6.47. The SMILES string of the molecule is COC(=O)c1ccc(OCc2ccccc2)c(C(CCN(C(C)C)C(C)C)C2=CCCC=C2)c1. The van der Waals surface area contributed by atoms with E-state index in [0.717, 1.165) is 42.7 Å². The molecular weight excluding hydrogens is 422 g/mol. The Morgan fingerprint density at radius 1 is 1.00 bits per heavy atom. The van der Waals surface area contributed by atoms with Crippen molar-refractivity contribution in [2.45, 2.75) is 71.6 Å². The maximum Gasteiger partial charge on any atom is 0.337 e. The third-order valence-corrected chi connectivity index (χ3v) is 6.47. The fraction of sp³-hybridized carbons (Fsp3) is 0.433. The van der Waals surface area contributed by atoms with Gasteiger partial charge in [-0.25, -0.2) is 4.79 Å². The van der Waals surface area contributed by atoms with Gasteiger partial charge in [0.2, 0.25) is 0 Å². The van der Waals surface area contributed by atoms with Gasteiger partial charge in [0, 0.05) is 23.6 Å². The summed E-state index contributed by atoms with van der Waals surface area (Å²) in [6.45, 7) is 10.5. The Morgan fingerprint density at radius 2 is 1.74 bits per heavy atom. The molecule has 0 saturated heterocycles. The zero-order valence-corrected chi connectivity index (χ0v) is 21.3. The fourth-order valence-corrected chi connectivity index (χ4v) is 4.72. The molecule has 0 aromatic heterocycles. The first-order valence-corrected chi connectivity index (χ1v) is 12.4. The number of ether oxygens (including phenoxy) is 2. The third kappa shape index (κ3) is 6.83. The highest BCUT2D eigenvalue weighted by molar-refractivity contribution is 5.89. The highest BCUT2D eigenvalue weighted by Crippen LogP contribution is 2.38.